The van der Waals surface area contributed by atoms with Crippen LogP contribution in [0.4, 0.5) is 4.79 Å². The highest BCUT2D eigenvalue weighted by Crippen LogP contribution is 2.39. The zero-order valence-corrected chi connectivity index (χ0v) is 14.1. The number of phenols is 1. The van der Waals surface area contributed by atoms with Crippen LogP contribution in [0.15, 0.2) is 12.1 Å². The van der Waals surface area contributed by atoms with Crippen LogP contribution in [0, 0.1) is 0 Å². The molecule has 0 radical (unpaired) electrons. The van der Waals surface area contributed by atoms with Gasteiger partial charge in [0.1, 0.15) is 5.75 Å². The Morgan fingerprint density at radius 2 is 1.41 bits per heavy atom. The predicted octanol–water partition coefficient (Wildman–Crippen LogP) is 3.32. The van der Waals surface area contributed by atoms with E-state index in [0.29, 0.717) is 5.56 Å². The van der Waals surface area contributed by atoms with Crippen molar-refractivity contribution in [3.8, 4) is 5.75 Å². The first-order chi connectivity index (χ1) is 9.82. The molecular weight excluding hydrogens is 282 g/mol. The Kier molecular flexibility index (Phi) is 4.90. The Balaban J connectivity index is 3.36. The molecule has 0 bridgehead atoms. The van der Waals surface area contributed by atoms with Crippen LogP contribution in [-0.4, -0.2) is 22.2 Å². The number of imide groups is 1. The topological polar surface area (TPSA) is 86.6 Å². The van der Waals surface area contributed by atoms with E-state index in [1.165, 1.54) is 0 Å². The lowest BCUT2D eigenvalue weighted by Crippen LogP contribution is -2.30. The van der Waals surface area contributed by atoms with Crippen molar-refractivity contribution >= 4 is 12.0 Å². The third kappa shape index (κ3) is 4.48. The largest absolute Gasteiger partial charge is 0.507 e. The molecule has 2 amide bonds. The second-order valence-electron chi connectivity index (χ2n) is 7.57. The molecule has 1 aromatic rings. The minimum Gasteiger partial charge on any atom is -0.507 e. The summed E-state index contributed by atoms with van der Waals surface area (Å²) >= 11 is 0. The molecule has 0 saturated heterocycles. The van der Waals surface area contributed by atoms with Crippen molar-refractivity contribution in [1.29, 1.82) is 0 Å². The van der Waals surface area contributed by atoms with Gasteiger partial charge in [-0.25, -0.2) is 4.79 Å². The molecule has 0 aliphatic heterocycles. The van der Waals surface area contributed by atoms with Gasteiger partial charge in [0.25, 0.3) is 0 Å². The van der Waals surface area contributed by atoms with Gasteiger partial charge in [0.2, 0.25) is 5.91 Å². The monoisotopic (exact) mass is 307 g/mol. The molecule has 0 heterocycles. The number of nitrogens with one attached hydrogen (secondary N) is 1. The van der Waals surface area contributed by atoms with E-state index in [0.717, 1.165) is 11.1 Å². The van der Waals surface area contributed by atoms with Gasteiger partial charge in [-0.15, -0.1) is 0 Å². The second kappa shape index (κ2) is 5.99. The Morgan fingerprint density at radius 1 is 1.00 bits per heavy atom. The van der Waals surface area contributed by atoms with Crippen LogP contribution in [0.3, 0.4) is 0 Å². The van der Waals surface area contributed by atoms with Gasteiger partial charge in [0.15, 0.2) is 0 Å². The quantitative estimate of drug-likeness (QED) is 0.782. The molecule has 0 unspecified atom stereocenters. The number of hydrogen-bond acceptors (Lipinski definition) is 3. The van der Waals surface area contributed by atoms with Crippen LogP contribution in [0.25, 0.3) is 0 Å². The number of benzene rings is 1. The number of amides is 2. The fraction of sp³-hybridized carbons (Fsp3) is 0.529. The number of carbonyl (C=O) groups excluding carboxylic acids is 1. The molecule has 0 aliphatic carbocycles. The Bertz CT molecular complexity index is 557. The molecule has 1 aromatic carbocycles. The van der Waals surface area contributed by atoms with E-state index in [-0.39, 0.29) is 23.0 Å². The maximum atomic E-state index is 11.7. The van der Waals surface area contributed by atoms with E-state index < -0.39 is 12.0 Å². The standard InChI is InChI=1S/C17H25NO4/c1-16(2,3)11-7-10(9-13(19)18-15(21)22)8-12(14(11)20)17(4,5)6/h7-8,20H,9H2,1-6H3,(H,18,19)(H,21,22). The van der Waals surface area contributed by atoms with Crippen molar-refractivity contribution in [2.24, 2.45) is 0 Å². The van der Waals surface area contributed by atoms with Crippen LogP contribution < -0.4 is 5.32 Å². The zero-order valence-electron chi connectivity index (χ0n) is 14.1. The number of aromatic hydroxyl groups is 1. The molecule has 0 spiro atoms. The SMILES string of the molecule is CC(C)(C)c1cc(CC(=O)NC(=O)O)cc(C(C)(C)C)c1O. The van der Waals surface area contributed by atoms with Crippen LogP contribution in [0.1, 0.15) is 58.2 Å². The Morgan fingerprint density at radius 3 is 1.73 bits per heavy atom. The number of phenolic OH excluding ortho intramolecular Hbond substituents is 1. The van der Waals surface area contributed by atoms with Crippen molar-refractivity contribution in [2.45, 2.75) is 58.8 Å². The number of carbonyl (C=O) groups is 2. The maximum Gasteiger partial charge on any atom is 0.411 e. The molecule has 122 valence electrons. The van der Waals surface area contributed by atoms with Crippen molar-refractivity contribution < 1.29 is 19.8 Å². The van der Waals surface area contributed by atoms with E-state index in [2.05, 4.69) is 0 Å². The average Bonchev–Trinajstić information content (AvgIpc) is 2.26. The van der Waals surface area contributed by atoms with E-state index in [1.54, 1.807) is 12.1 Å². The highest BCUT2D eigenvalue weighted by atomic mass is 16.4. The molecule has 1 rings (SSSR count). The second-order valence-corrected chi connectivity index (χ2v) is 7.57. The van der Waals surface area contributed by atoms with Gasteiger partial charge in [-0.05, 0) is 27.5 Å². The smallest absolute Gasteiger partial charge is 0.411 e. The third-order valence-electron chi connectivity index (χ3n) is 3.40. The summed E-state index contributed by atoms with van der Waals surface area (Å²) in [6.45, 7) is 11.9. The molecule has 0 aromatic heterocycles. The first-order valence-corrected chi connectivity index (χ1v) is 7.22. The van der Waals surface area contributed by atoms with Crippen molar-refractivity contribution in [3.05, 3.63) is 28.8 Å². The molecule has 3 N–H and O–H groups in total. The molecule has 0 saturated carbocycles. The van der Waals surface area contributed by atoms with Gasteiger partial charge in [-0.3, -0.25) is 10.1 Å². The van der Waals surface area contributed by atoms with E-state index in [1.807, 2.05) is 46.9 Å². The first-order valence-electron chi connectivity index (χ1n) is 7.22. The van der Waals surface area contributed by atoms with Gasteiger partial charge < -0.3 is 10.2 Å². The van der Waals surface area contributed by atoms with Gasteiger partial charge in [-0.2, -0.15) is 0 Å². The molecule has 5 nitrogen and oxygen atoms in total. The predicted molar refractivity (Wildman–Crippen MR) is 85.4 cm³/mol. The third-order valence-corrected chi connectivity index (χ3v) is 3.40. The van der Waals surface area contributed by atoms with Crippen molar-refractivity contribution in [3.63, 3.8) is 0 Å². The number of carboxylic acid groups (broad SMARTS) is 1. The van der Waals surface area contributed by atoms with Crippen LogP contribution in [-0.2, 0) is 22.0 Å². The fourth-order valence-electron chi connectivity index (χ4n) is 2.29. The number of rotatable bonds is 2. The highest BCUT2D eigenvalue weighted by molar-refractivity contribution is 5.92. The highest BCUT2D eigenvalue weighted by Gasteiger charge is 2.26. The first kappa shape index (κ1) is 18.0. The molecule has 5 heteroatoms. The summed E-state index contributed by atoms with van der Waals surface area (Å²) < 4.78 is 0. The van der Waals surface area contributed by atoms with Gasteiger partial charge in [-0.1, -0.05) is 53.7 Å². The summed E-state index contributed by atoms with van der Waals surface area (Å²) in [7, 11) is 0. The van der Waals surface area contributed by atoms with Crippen LogP contribution in [0.5, 0.6) is 5.75 Å². The lowest BCUT2D eigenvalue weighted by atomic mass is 9.78. The minimum absolute atomic E-state index is 0.0429. The molecule has 0 fully saturated rings. The maximum absolute atomic E-state index is 11.7. The number of hydrogen-bond donors (Lipinski definition) is 3. The average molecular weight is 307 g/mol. The summed E-state index contributed by atoms with van der Waals surface area (Å²) in [5, 5.41) is 21.0. The summed E-state index contributed by atoms with van der Waals surface area (Å²) in [6, 6.07) is 3.54. The van der Waals surface area contributed by atoms with E-state index in [9.17, 15) is 14.7 Å². The Hall–Kier alpha value is -2.04. The lowest BCUT2D eigenvalue weighted by Gasteiger charge is -2.28. The Labute approximate surface area is 131 Å². The molecule has 22 heavy (non-hydrogen) atoms. The van der Waals surface area contributed by atoms with Crippen LogP contribution in [0.2, 0.25) is 0 Å². The van der Waals surface area contributed by atoms with Gasteiger partial charge >= 0.3 is 6.09 Å². The fourth-order valence-corrected chi connectivity index (χ4v) is 2.29. The van der Waals surface area contributed by atoms with E-state index in [4.69, 9.17) is 5.11 Å². The summed E-state index contributed by atoms with van der Waals surface area (Å²) in [4.78, 5) is 22.2. The van der Waals surface area contributed by atoms with Crippen LogP contribution >= 0.6 is 0 Å². The van der Waals surface area contributed by atoms with Crippen molar-refractivity contribution in [2.75, 3.05) is 0 Å². The molecular formula is C17H25NO4. The molecule has 0 atom stereocenters. The lowest BCUT2D eigenvalue weighted by molar-refractivity contribution is -0.119. The van der Waals surface area contributed by atoms with Crippen molar-refractivity contribution in [1.82, 2.24) is 5.32 Å². The summed E-state index contributed by atoms with van der Waals surface area (Å²) in [5.41, 5.74) is 1.61. The van der Waals surface area contributed by atoms with E-state index >= 15 is 0 Å². The minimum atomic E-state index is -1.36. The normalized spacial score (nSPS) is 12.1. The summed E-state index contributed by atoms with van der Waals surface area (Å²) in [6.07, 6.45) is -1.41. The van der Waals surface area contributed by atoms with Gasteiger partial charge in [0.05, 0.1) is 6.42 Å². The summed E-state index contributed by atoms with van der Waals surface area (Å²) in [5.74, 6) is -0.347. The zero-order chi connectivity index (χ0) is 17.3. The van der Waals surface area contributed by atoms with Gasteiger partial charge in [0, 0.05) is 0 Å². The molecule has 0 aliphatic rings.